The first-order valence-electron chi connectivity index (χ1n) is 11.1. The maximum absolute atomic E-state index is 13.6. The van der Waals surface area contributed by atoms with Gasteiger partial charge in [0.15, 0.2) is 0 Å². The number of hydrogen-bond donors (Lipinski definition) is 1. The van der Waals surface area contributed by atoms with Gasteiger partial charge in [-0.15, -0.1) is 0 Å². The number of anilines is 1. The van der Waals surface area contributed by atoms with Crippen molar-refractivity contribution in [1.29, 1.82) is 0 Å². The Morgan fingerprint density at radius 1 is 1.00 bits per heavy atom. The molecule has 1 spiro atoms. The van der Waals surface area contributed by atoms with Crippen LogP contribution in [-0.4, -0.2) is 59.4 Å². The molecule has 0 radical (unpaired) electrons. The molecule has 1 N–H and O–H groups in total. The number of nitrogens with zero attached hydrogens (tertiary/aromatic N) is 3. The van der Waals surface area contributed by atoms with Gasteiger partial charge in [0.1, 0.15) is 12.1 Å². The van der Waals surface area contributed by atoms with Gasteiger partial charge in [0.25, 0.3) is 5.91 Å². The van der Waals surface area contributed by atoms with Crippen molar-refractivity contribution in [1.82, 2.24) is 15.1 Å². The summed E-state index contributed by atoms with van der Waals surface area (Å²) in [5.74, 6) is -0.185. The fourth-order valence-corrected chi connectivity index (χ4v) is 4.80. The lowest BCUT2D eigenvalue weighted by atomic mass is 9.85. The van der Waals surface area contributed by atoms with Crippen LogP contribution in [0.15, 0.2) is 60.7 Å². The van der Waals surface area contributed by atoms with Gasteiger partial charge in [0, 0.05) is 25.7 Å². The molecule has 0 aliphatic carbocycles. The molecule has 2 aliphatic rings. The second kappa shape index (κ2) is 9.02. The van der Waals surface area contributed by atoms with Crippen LogP contribution in [0.5, 0.6) is 0 Å². The van der Waals surface area contributed by atoms with E-state index in [1.54, 1.807) is 16.7 Å². The Kier molecular flexibility index (Phi) is 6.17. The van der Waals surface area contributed by atoms with Gasteiger partial charge >= 0.3 is 0 Å². The zero-order chi connectivity index (χ0) is 22.7. The Morgan fingerprint density at radius 2 is 1.59 bits per heavy atom. The molecule has 2 aromatic rings. The van der Waals surface area contributed by atoms with E-state index in [1.807, 2.05) is 67.6 Å². The number of piperidine rings is 1. The van der Waals surface area contributed by atoms with Crippen LogP contribution < -0.4 is 10.2 Å². The summed E-state index contributed by atoms with van der Waals surface area (Å²) in [4.78, 5) is 43.8. The molecule has 2 aliphatic heterocycles. The van der Waals surface area contributed by atoms with E-state index in [0.29, 0.717) is 32.6 Å². The summed E-state index contributed by atoms with van der Waals surface area (Å²) in [7, 11) is 0. The van der Waals surface area contributed by atoms with Crippen molar-refractivity contribution in [3.05, 3.63) is 66.2 Å². The van der Waals surface area contributed by atoms with Crippen molar-refractivity contribution in [3.63, 3.8) is 0 Å². The molecule has 2 aromatic carbocycles. The normalized spacial score (nSPS) is 18.7. The van der Waals surface area contributed by atoms with Crippen molar-refractivity contribution in [2.45, 2.75) is 38.3 Å². The molecule has 0 bridgehead atoms. The first-order valence-corrected chi connectivity index (χ1v) is 11.1. The lowest BCUT2D eigenvalue weighted by Crippen LogP contribution is -2.57. The van der Waals surface area contributed by atoms with Crippen LogP contribution in [0.25, 0.3) is 0 Å². The SMILES string of the molecule is CC(=O)N1CCC2(CC1)C(=O)N(CC(=O)NC(C)c1ccccc1)CN2c1ccccc1. The second-order valence-electron chi connectivity index (χ2n) is 8.65. The number of para-hydroxylation sites is 1. The number of hydrogen-bond acceptors (Lipinski definition) is 4. The number of amides is 3. The van der Waals surface area contributed by atoms with E-state index in [0.717, 1.165) is 11.3 Å². The summed E-state index contributed by atoms with van der Waals surface area (Å²) in [5, 5.41) is 3.01. The zero-order valence-corrected chi connectivity index (χ0v) is 18.7. The second-order valence-corrected chi connectivity index (χ2v) is 8.65. The van der Waals surface area contributed by atoms with Crippen LogP contribution >= 0.6 is 0 Å². The quantitative estimate of drug-likeness (QED) is 0.785. The summed E-state index contributed by atoms with van der Waals surface area (Å²) < 4.78 is 0. The highest BCUT2D eigenvalue weighted by molar-refractivity contribution is 5.96. The van der Waals surface area contributed by atoms with Crippen LogP contribution in [-0.2, 0) is 14.4 Å². The number of carbonyl (C=O) groups excluding carboxylic acids is 3. The smallest absolute Gasteiger partial charge is 0.250 e. The van der Waals surface area contributed by atoms with Crippen LogP contribution in [0.2, 0.25) is 0 Å². The van der Waals surface area contributed by atoms with Gasteiger partial charge in [-0.1, -0.05) is 48.5 Å². The van der Waals surface area contributed by atoms with E-state index < -0.39 is 5.54 Å². The number of likely N-dealkylation sites (tertiary alicyclic amines) is 1. The van der Waals surface area contributed by atoms with Crippen molar-refractivity contribution >= 4 is 23.4 Å². The van der Waals surface area contributed by atoms with Crippen LogP contribution in [0, 0.1) is 0 Å². The largest absolute Gasteiger partial charge is 0.348 e. The molecule has 4 rings (SSSR count). The third kappa shape index (κ3) is 4.20. The van der Waals surface area contributed by atoms with Crippen LogP contribution in [0.4, 0.5) is 5.69 Å². The maximum atomic E-state index is 13.6. The highest BCUT2D eigenvalue weighted by atomic mass is 16.2. The van der Waals surface area contributed by atoms with Gasteiger partial charge in [-0.25, -0.2) is 0 Å². The Balaban J connectivity index is 1.51. The summed E-state index contributed by atoms with van der Waals surface area (Å²) >= 11 is 0. The average Bonchev–Trinajstić information content (AvgIpc) is 3.06. The molecular weight excluding hydrogens is 404 g/mol. The van der Waals surface area contributed by atoms with Gasteiger partial charge in [-0.3, -0.25) is 14.4 Å². The number of nitrogens with one attached hydrogen (secondary N) is 1. The molecule has 7 nitrogen and oxygen atoms in total. The van der Waals surface area contributed by atoms with E-state index in [4.69, 9.17) is 0 Å². The van der Waals surface area contributed by atoms with Crippen molar-refractivity contribution in [2.24, 2.45) is 0 Å². The van der Waals surface area contributed by atoms with Gasteiger partial charge < -0.3 is 20.0 Å². The van der Waals surface area contributed by atoms with Crippen molar-refractivity contribution in [3.8, 4) is 0 Å². The molecule has 2 heterocycles. The zero-order valence-electron chi connectivity index (χ0n) is 18.7. The lowest BCUT2D eigenvalue weighted by Gasteiger charge is -2.43. The van der Waals surface area contributed by atoms with E-state index in [9.17, 15) is 14.4 Å². The number of benzene rings is 2. The molecule has 2 saturated heterocycles. The fraction of sp³-hybridized carbons (Fsp3) is 0.400. The summed E-state index contributed by atoms with van der Waals surface area (Å²) in [5.41, 5.74) is 1.25. The molecule has 1 unspecified atom stereocenters. The molecular formula is C25H30N4O3. The topological polar surface area (TPSA) is 73.0 Å². The first kappa shape index (κ1) is 21.9. The molecule has 168 valence electrons. The highest BCUT2D eigenvalue weighted by Gasteiger charge is 2.54. The Bertz CT molecular complexity index is 971. The third-order valence-corrected chi connectivity index (χ3v) is 6.63. The summed E-state index contributed by atoms with van der Waals surface area (Å²) in [6.45, 7) is 4.95. The molecule has 0 aromatic heterocycles. The Hall–Kier alpha value is -3.35. The molecule has 2 fully saturated rings. The Morgan fingerprint density at radius 3 is 2.19 bits per heavy atom. The van der Waals surface area contributed by atoms with Crippen molar-refractivity contribution < 1.29 is 14.4 Å². The lowest BCUT2D eigenvalue weighted by molar-refractivity contribution is -0.139. The molecule has 7 heteroatoms. The summed E-state index contributed by atoms with van der Waals surface area (Å²) in [6.07, 6.45) is 1.11. The number of carbonyl (C=O) groups is 3. The summed E-state index contributed by atoms with van der Waals surface area (Å²) in [6, 6.07) is 19.5. The third-order valence-electron chi connectivity index (χ3n) is 6.63. The standard InChI is InChI=1S/C25H30N4O3/c1-19(21-9-5-3-6-10-21)26-23(31)17-28-18-29(22-11-7-4-8-12-22)25(24(28)32)13-15-27(16-14-25)20(2)30/h3-12,19H,13-18H2,1-2H3,(H,26,31). The monoisotopic (exact) mass is 434 g/mol. The fourth-order valence-electron chi connectivity index (χ4n) is 4.80. The first-order chi connectivity index (χ1) is 15.4. The minimum Gasteiger partial charge on any atom is -0.348 e. The van der Waals surface area contributed by atoms with Gasteiger partial charge in [0.05, 0.1) is 12.7 Å². The Labute approximate surface area is 189 Å². The van der Waals surface area contributed by atoms with Crippen LogP contribution in [0.3, 0.4) is 0 Å². The molecule has 0 saturated carbocycles. The molecule has 1 atom stereocenters. The predicted octanol–water partition coefficient (Wildman–Crippen LogP) is 2.55. The molecule has 3 amide bonds. The molecule has 32 heavy (non-hydrogen) atoms. The van der Waals surface area contributed by atoms with E-state index in [1.165, 1.54) is 0 Å². The van der Waals surface area contributed by atoms with Gasteiger partial charge in [-0.05, 0) is 37.5 Å². The minimum absolute atomic E-state index is 0.0114. The highest BCUT2D eigenvalue weighted by Crippen LogP contribution is 2.39. The van der Waals surface area contributed by atoms with E-state index >= 15 is 0 Å². The van der Waals surface area contributed by atoms with Gasteiger partial charge in [-0.2, -0.15) is 0 Å². The maximum Gasteiger partial charge on any atom is 0.250 e. The van der Waals surface area contributed by atoms with Crippen LogP contribution in [0.1, 0.15) is 38.3 Å². The van der Waals surface area contributed by atoms with Gasteiger partial charge in [0.2, 0.25) is 11.8 Å². The number of rotatable bonds is 5. The predicted molar refractivity (Wildman–Crippen MR) is 123 cm³/mol. The van der Waals surface area contributed by atoms with Crippen molar-refractivity contribution in [2.75, 3.05) is 31.2 Å². The van der Waals surface area contributed by atoms with E-state index in [2.05, 4.69) is 10.2 Å². The van der Waals surface area contributed by atoms with E-state index in [-0.39, 0.29) is 30.3 Å². The average molecular weight is 435 g/mol. The minimum atomic E-state index is -0.724.